The number of aliphatic hydroxyl groups excluding tert-OH is 1. The highest BCUT2D eigenvalue weighted by molar-refractivity contribution is 5.89. The van der Waals surface area contributed by atoms with Gasteiger partial charge in [0.1, 0.15) is 6.10 Å². The number of carbonyl (C=O) groups is 1. The molecule has 0 aliphatic heterocycles. The van der Waals surface area contributed by atoms with Crippen molar-refractivity contribution in [2.45, 2.75) is 25.6 Å². The summed E-state index contributed by atoms with van der Waals surface area (Å²) in [4.78, 5) is 11.5. The first-order valence-corrected chi connectivity index (χ1v) is 5.99. The van der Waals surface area contributed by atoms with Crippen LogP contribution < -0.4 is 0 Å². The summed E-state index contributed by atoms with van der Waals surface area (Å²) < 4.78 is 43.2. The molecule has 0 aliphatic carbocycles. The maximum absolute atomic E-state index is 12.8. The monoisotopic (exact) mass is 288 g/mol. The molecule has 6 heteroatoms. The molecule has 0 saturated carbocycles. The second kappa shape index (κ2) is 6.56. The van der Waals surface area contributed by atoms with Crippen LogP contribution in [-0.2, 0) is 15.7 Å². The van der Waals surface area contributed by atoms with Gasteiger partial charge < -0.3 is 9.84 Å². The summed E-state index contributed by atoms with van der Waals surface area (Å²) >= 11 is 0. The quantitative estimate of drug-likeness (QED) is 0.668. The van der Waals surface area contributed by atoms with Crippen LogP contribution in [0.5, 0.6) is 0 Å². The van der Waals surface area contributed by atoms with Gasteiger partial charge in [-0.2, -0.15) is 13.2 Å². The lowest BCUT2D eigenvalue weighted by Gasteiger charge is -2.18. The van der Waals surface area contributed by atoms with Gasteiger partial charge in [0.15, 0.2) is 0 Å². The Hall–Kier alpha value is -1.82. The second-order valence-corrected chi connectivity index (χ2v) is 4.15. The third-order valence-electron chi connectivity index (χ3n) is 2.59. The summed E-state index contributed by atoms with van der Waals surface area (Å²) in [5.74, 6) is -0.906. The third kappa shape index (κ3) is 3.84. The van der Waals surface area contributed by atoms with Crippen LogP contribution in [0.3, 0.4) is 0 Å². The predicted octanol–water partition coefficient (Wildman–Crippen LogP) is 3.25. The molecule has 0 bridgehead atoms. The fourth-order valence-electron chi connectivity index (χ4n) is 1.58. The zero-order chi connectivity index (χ0) is 15.3. The van der Waals surface area contributed by atoms with E-state index in [2.05, 4.69) is 6.58 Å². The molecule has 1 atom stereocenters. The summed E-state index contributed by atoms with van der Waals surface area (Å²) in [6.45, 7) is 5.20. The maximum atomic E-state index is 12.8. The van der Waals surface area contributed by atoms with E-state index in [4.69, 9.17) is 4.74 Å². The lowest BCUT2D eigenvalue weighted by atomic mass is 9.97. The Morgan fingerprint density at radius 1 is 1.40 bits per heavy atom. The molecule has 1 rings (SSSR count). The van der Waals surface area contributed by atoms with Crippen molar-refractivity contribution in [1.29, 1.82) is 0 Å². The summed E-state index contributed by atoms with van der Waals surface area (Å²) in [5.41, 5.74) is -1.84. The fourth-order valence-corrected chi connectivity index (χ4v) is 1.58. The number of hydrogen-bond donors (Lipinski definition) is 1. The smallest absolute Gasteiger partial charge is 0.416 e. The van der Waals surface area contributed by atoms with Crippen LogP contribution in [-0.4, -0.2) is 17.7 Å². The number of hydrogen-bond acceptors (Lipinski definition) is 3. The first-order valence-electron chi connectivity index (χ1n) is 5.99. The van der Waals surface area contributed by atoms with Crippen molar-refractivity contribution < 1.29 is 27.8 Å². The van der Waals surface area contributed by atoms with Gasteiger partial charge in [0.05, 0.1) is 17.7 Å². The highest BCUT2D eigenvalue weighted by Gasteiger charge is 2.36. The van der Waals surface area contributed by atoms with Gasteiger partial charge in [-0.1, -0.05) is 31.7 Å². The summed E-state index contributed by atoms with van der Waals surface area (Å²) in [7, 11) is 0. The third-order valence-corrected chi connectivity index (χ3v) is 2.59. The Morgan fingerprint density at radius 3 is 2.55 bits per heavy atom. The van der Waals surface area contributed by atoms with Gasteiger partial charge in [0.25, 0.3) is 0 Å². The van der Waals surface area contributed by atoms with E-state index in [0.29, 0.717) is 6.42 Å². The predicted molar refractivity (Wildman–Crippen MR) is 66.8 cm³/mol. The molecule has 0 saturated heterocycles. The molecule has 1 unspecified atom stereocenters. The zero-order valence-corrected chi connectivity index (χ0v) is 10.9. The van der Waals surface area contributed by atoms with Gasteiger partial charge in [-0.3, -0.25) is 0 Å². The summed E-state index contributed by atoms with van der Waals surface area (Å²) in [5, 5.41) is 9.90. The van der Waals surface area contributed by atoms with E-state index in [1.165, 1.54) is 12.1 Å². The van der Waals surface area contributed by atoms with E-state index in [0.717, 1.165) is 12.1 Å². The Labute approximate surface area is 114 Å². The molecule has 0 amide bonds. The summed E-state index contributed by atoms with van der Waals surface area (Å²) in [6, 6.07) is 4.49. The van der Waals surface area contributed by atoms with E-state index < -0.39 is 34.9 Å². The molecule has 0 spiro atoms. The Bertz CT molecular complexity index is 495. The van der Waals surface area contributed by atoms with Crippen LogP contribution in [0, 0.1) is 0 Å². The van der Waals surface area contributed by atoms with Crippen molar-refractivity contribution in [1.82, 2.24) is 0 Å². The molecule has 110 valence electrons. The standard InChI is InChI=1S/C14H15F3O3/c1-3-8-20-13(19)9(2)12(18)10-6-4-5-7-11(10)14(15,16)17/h4-7,12,18H,2-3,8H2,1H3. The molecule has 1 aromatic carbocycles. The molecule has 0 aliphatic rings. The molecule has 0 fully saturated rings. The van der Waals surface area contributed by atoms with Gasteiger partial charge in [-0.05, 0) is 18.1 Å². The van der Waals surface area contributed by atoms with Crippen LogP contribution in [0.25, 0.3) is 0 Å². The molecule has 0 radical (unpaired) electrons. The van der Waals surface area contributed by atoms with Crippen LogP contribution in [0.15, 0.2) is 36.4 Å². The van der Waals surface area contributed by atoms with Crippen LogP contribution in [0.1, 0.15) is 30.6 Å². The Balaban J connectivity index is 3.01. The molecule has 1 aromatic rings. The van der Waals surface area contributed by atoms with Crippen LogP contribution in [0.4, 0.5) is 13.2 Å². The molecule has 1 N–H and O–H groups in total. The van der Waals surface area contributed by atoms with E-state index in [1.807, 2.05) is 0 Å². The number of esters is 1. The second-order valence-electron chi connectivity index (χ2n) is 4.15. The first kappa shape index (κ1) is 16.2. The fraction of sp³-hybridized carbons (Fsp3) is 0.357. The van der Waals surface area contributed by atoms with Crippen molar-refractivity contribution >= 4 is 5.97 Å². The van der Waals surface area contributed by atoms with Crippen LogP contribution in [0.2, 0.25) is 0 Å². The van der Waals surface area contributed by atoms with Crippen molar-refractivity contribution in [3.8, 4) is 0 Å². The Morgan fingerprint density at radius 2 is 2.00 bits per heavy atom. The number of ether oxygens (including phenoxy) is 1. The zero-order valence-electron chi connectivity index (χ0n) is 10.9. The molecule has 0 heterocycles. The largest absolute Gasteiger partial charge is 0.462 e. The average molecular weight is 288 g/mol. The number of rotatable bonds is 5. The number of halogens is 3. The number of aliphatic hydroxyl groups is 1. The van der Waals surface area contributed by atoms with E-state index in [1.54, 1.807) is 6.92 Å². The summed E-state index contributed by atoms with van der Waals surface area (Å²) in [6.07, 6.45) is -5.81. The first-order chi connectivity index (χ1) is 9.29. The molecule has 0 aromatic heterocycles. The van der Waals surface area contributed by atoms with Crippen molar-refractivity contribution in [3.05, 3.63) is 47.5 Å². The Kier molecular flexibility index (Phi) is 5.33. The molecular weight excluding hydrogens is 273 g/mol. The van der Waals surface area contributed by atoms with Gasteiger partial charge in [0.2, 0.25) is 0 Å². The molecule has 20 heavy (non-hydrogen) atoms. The molecular formula is C14H15F3O3. The molecule has 3 nitrogen and oxygen atoms in total. The lowest BCUT2D eigenvalue weighted by Crippen LogP contribution is -2.18. The lowest BCUT2D eigenvalue weighted by molar-refractivity contribution is -0.142. The van der Waals surface area contributed by atoms with E-state index in [-0.39, 0.29) is 6.61 Å². The van der Waals surface area contributed by atoms with Crippen molar-refractivity contribution in [2.75, 3.05) is 6.61 Å². The van der Waals surface area contributed by atoms with E-state index >= 15 is 0 Å². The average Bonchev–Trinajstić information content (AvgIpc) is 2.42. The minimum Gasteiger partial charge on any atom is -0.462 e. The minimum absolute atomic E-state index is 0.117. The van der Waals surface area contributed by atoms with Gasteiger partial charge in [0, 0.05) is 0 Å². The highest BCUT2D eigenvalue weighted by Crippen LogP contribution is 2.36. The van der Waals surface area contributed by atoms with Gasteiger partial charge in [-0.25, -0.2) is 4.79 Å². The SMILES string of the molecule is C=C(C(=O)OCCC)C(O)c1ccccc1C(F)(F)F. The van der Waals surface area contributed by atoms with Crippen molar-refractivity contribution in [3.63, 3.8) is 0 Å². The normalized spacial score (nSPS) is 12.8. The number of benzene rings is 1. The highest BCUT2D eigenvalue weighted by atomic mass is 19.4. The van der Waals surface area contributed by atoms with Crippen LogP contribution >= 0.6 is 0 Å². The van der Waals surface area contributed by atoms with E-state index in [9.17, 15) is 23.1 Å². The number of carbonyl (C=O) groups excluding carboxylic acids is 1. The van der Waals surface area contributed by atoms with Gasteiger partial charge >= 0.3 is 12.1 Å². The minimum atomic E-state index is -4.62. The van der Waals surface area contributed by atoms with Gasteiger partial charge in [-0.15, -0.1) is 0 Å². The number of alkyl halides is 3. The topological polar surface area (TPSA) is 46.5 Å². The van der Waals surface area contributed by atoms with Crippen molar-refractivity contribution in [2.24, 2.45) is 0 Å². The maximum Gasteiger partial charge on any atom is 0.416 e.